The van der Waals surface area contributed by atoms with Crippen molar-refractivity contribution in [2.75, 3.05) is 48.4 Å². The number of alkyl halides is 5. The van der Waals surface area contributed by atoms with Crippen LogP contribution in [-0.2, 0) is 6.18 Å². The van der Waals surface area contributed by atoms with E-state index in [1.165, 1.54) is 18.7 Å². The summed E-state index contributed by atoms with van der Waals surface area (Å²) < 4.78 is 95.1. The number of rotatable bonds is 6. The summed E-state index contributed by atoms with van der Waals surface area (Å²) in [5.41, 5.74) is 7.97. The molecule has 4 aromatic heterocycles. The molecule has 3 fully saturated rings. The zero-order valence-corrected chi connectivity index (χ0v) is 27.9. The van der Waals surface area contributed by atoms with Gasteiger partial charge in [0.2, 0.25) is 5.88 Å². The number of ether oxygens (including phenoxy) is 1. The van der Waals surface area contributed by atoms with Crippen LogP contribution >= 0.6 is 11.8 Å². The third-order valence-electron chi connectivity index (χ3n) is 10.7. The predicted molar refractivity (Wildman–Crippen MR) is 175 cm³/mol. The minimum atomic E-state index is -4.91. The summed E-state index contributed by atoms with van der Waals surface area (Å²) >= 11 is 1.21. The molecular weight excluding hydrogens is 684 g/mol. The van der Waals surface area contributed by atoms with Crippen molar-refractivity contribution in [1.29, 1.82) is 0 Å². The van der Waals surface area contributed by atoms with E-state index in [1.54, 1.807) is 18.3 Å². The maximum Gasteiger partial charge on any atom is 0.418 e. The molecule has 4 aliphatic rings. The van der Waals surface area contributed by atoms with E-state index in [0.717, 1.165) is 18.9 Å². The number of hydrogen-bond acceptors (Lipinski definition) is 11. The number of hydrogen-bond donors (Lipinski definition) is 2. The Bertz CT molecular complexity index is 2050. The first-order chi connectivity index (χ1) is 23.6. The lowest BCUT2D eigenvalue weighted by Gasteiger charge is -2.32. The fourth-order valence-electron chi connectivity index (χ4n) is 8.19. The van der Waals surface area contributed by atoms with E-state index in [4.69, 9.17) is 21.2 Å². The molecule has 1 spiro atoms. The minimum absolute atomic E-state index is 0.0143. The van der Waals surface area contributed by atoms with E-state index < -0.39 is 51.9 Å². The first-order valence-electron chi connectivity index (χ1n) is 16.2. The lowest BCUT2D eigenvalue weighted by Crippen LogP contribution is -2.40. The van der Waals surface area contributed by atoms with Crippen LogP contribution in [0.3, 0.4) is 0 Å². The van der Waals surface area contributed by atoms with Crippen LogP contribution in [0.15, 0.2) is 29.6 Å². The van der Waals surface area contributed by atoms with Crippen molar-refractivity contribution in [3.8, 4) is 17.3 Å². The van der Waals surface area contributed by atoms with Gasteiger partial charge in [-0.3, -0.25) is 4.90 Å². The maximum absolute atomic E-state index is 16.9. The number of nitrogens with two attached hydrogens (primary N) is 2. The Labute approximate surface area is 287 Å². The van der Waals surface area contributed by atoms with Crippen molar-refractivity contribution in [2.45, 2.75) is 68.4 Å². The molecule has 264 valence electrons. The van der Waals surface area contributed by atoms with Crippen molar-refractivity contribution >= 4 is 40.1 Å². The Morgan fingerprint density at radius 1 is 1.08 bits per heavy atom. The molecule has 3 aliphatic heterocycles. The molecular formula is C33H33F6N9OS. The SMILES string of the molecule is Cc1cc(N)nc(-c2nc3c4c(nc(SC[C@@]56CCCN5C[C@]5(CC5(F)F)C6)nc4c2F)N([C@H](C)c2cccnc2N)CCO3)c1C(F)(F)F. The number of pyridine rings is 3. The minimum Gasteiger partial charge on any atom is -0.475 e. The van der Waals surface area contributed by atoms with Gasteiger partial charge in [-0.05, 0) is 57.4 Å². The van der Waals surface area contributed by atoms with Gasteiger partial charge in [-0.25, -0.2) is 38.1 Å². The van der Waals surface area contributed by atoms with Crippen LogP contribution in [-0.4, -0.2) is 73.3 Å². The topological polar surface area (TPSA) is 132 Å². The highest BCUT2D eigenvalue weighted by Gasteiger charge is 2.77. The highest BCUT2D eigenvalue weighted by molar-refractivity contribution is 7.99. The summed E-state index contributed by atoms with van der Waals surface area (Å²) in [7, 11) is 0. The van der Waals surface area contributed by atoms with Crippen LogP contribution in [0.25, 0.3) is 22.3 Å². The van der Waals surface area contributed by atoms with Crippen LogP contribution in [0.1, 0.15) is 55.3 Å². The smallest absolute Gasteiger partial charge is 0.418 e. The number of fused-ring (bicyclic) bond motifs is 1. The standard InChI is InChI=1S/C33H33F6N9OS/c1-16-11-19(40)43-24(21(16)33(37,38)39)25-22(34)23-20-27(48(9-10-49-28(20)44-25)17(2)18-5-3-7-42-26(18)41)46-29(45-23)50-15-31-6-4-8-47(31)14-30(12-31)13-32(30,35)36/h3,5,7,11,17H,4,6,8-10,12-15H2,1-2H3,(H2,40,43)(H2,41,42)/t17-,30-,31+/m1/s1. The summed E-state index contributed by atoms with van der Waals surface area (Å²) in [4.78, 5) is 25.8. The predicted octanol–water partition coefficient (Wildman–Crippen LogP) is 6.43. The van der Waals surface area contributed by atoms with E-state index in [-0.39, 0.29) is 64.5 Å². The molecule has 1 aliphatic carbocycles. The number of anilines is 3. The molecule has 0 unspecified atom stereocenters. The normalized spacial score (nSPS) is 24.8. The molecule has 17 heteroatoms. The molecule has 0 bridgehead atoms. The van der Waals surface area contributed by atoms with Crippen molar-refractivity contribution in [3.63, 3.8) is 0 Å². The molecule has 1 saturated carbocycles. The van der Waals surface area contributed by atoms with Gasteiger partial charge in [0.15, 0.2) is 11.0 Å². The Morgan fingerprint density at radius 2 is 1.86 bits per heavy atom. The Balaban J connectivity index is 1.29. The molecule has 8 rings (SSSR count). The molecule has 4 aromatic rings. The Hall–Kier alpha value is -4.12. The second-order valence-corrected chi connectivity index (χ2v) is 14.7. The Morgan fingerprint density at radius 3 is 2.58 bits per heavy atom. The van der Waals surface area contributed by atoms with E-state index in [9.17, 15) is 22.0 Å². The first kappa shape index (κ1) is 33.0. The third kappa shape index (κ3) is 5.09. The van der Waals surface area contributed by atoms with Crippen LogP contribution in [0, 0.1) is 18.2 Å². The van der Waals surface area contributed by atoms with Crippen LogP contribution in [0.5, 0.6) is 5.88 Å². The van der Waals surface area contributed by atoms with E-state index in [2.05, 4.69) is 24.8 Å². The fraction of sp³-hybridized carbons (Fsp3) is 0.485. The second kappa shape index (κ2) is 11.2. The third-order valence-corrected chi connectivity index (χ3v) is 11.8. The van der Waals surface area contributed by atoms with Gasteiger partial charge in [-0.15, -0.1) is 0 Å². The molecule has 50 heavy (non-hydrogen) atoms. The van der Waals surface area contributed by atoms with Crippen LogP contribution in [0.2, 0.25) is 0 Å². The summed E-state index contributed by atoms with van der Waals surface area (Å²) in [6.45, 7) is 4.34. The summed E-state index contributed by atoms with van der Waals surface area (Å²) in [5, 5.41) is 0.194. The lowest BCUT2D eigenvalue weighted by atomic mass is 9.90. The van der Waals surface area contributed by atoms with Crippen molar-refractivity contribution in [1.82, 2.24) is 29.8 Å². The molecule has 0 amide bonds. The van der Waals surface area contributed by atoms with Crippen LogP contribution < -0.4 is 21.1 Å². The van der Waals surface area contributed by atoms with Gasteiger partial charge in [-0.2, -0.15) is 13.2 Å². The van der Waals surface area contributed by atoms with Gasteiger partial charge in [0.25, 0.3) is 5.92 Å². The number of nitrogen functional groups attached to an aromatic ring is 2. The number of nitrogens with zero attached hydrogens (tertiary/aromatic N) is 7. The van der Waals surface area contributed by atoms with E-state index in [1.807, 2.05) is 11.8 Å². The molecule has 0 radical (unpaired) electrons. The van der Waals surface area contributed by atoms with Crippen molar-refractivity contribution in [3.05, 3.63) is 46.9 Å². The van der Waals surface area contributed by atoms with Gasteiger partial charge in [-0.1, -0.05) is 17.8 Å². The van der Waals surface area contributed by atoms with Gasteiger partial charge in [0.1, 0.15) is 46.4 Å². The summed E-state index contributed by atoms with van der Waals surface area (Å²) in [6, 6.07) is 4.14. The van der Waals surface area contributed by atoms with E-state index >= 15 is 4.39 Å². The lowest BCUT2D eigenvalue weighted by molar-refractivity contribution is -0.137. The zero-order valence-electron chi connectivity index (χ0n) is 27.1. The van der Waals surface area contributed by atoms with Crippen molar-refractivity contribution < 1.29 is 31.1 Å². The largest absolute Gasteiger partial charge is 0.475 e. The van der Waals surface area contributed by atoms with Gasteiger partial charge in [0.05, 0.1) is 23.6 Å². The number of aryl methyl sites for hydroxylation is 1. The zero-order chi connectivity index (χ0) is 35.4. The number of halogens is 6. The Kier molecular flexibility index (Phi) is 7.40. The van der Waals surface area contributed by atoms with Crippen molar-refractivity contribution in [2.24, 2.45) is 5.41 Å². The second-order valence-electron chi connectivity index (χ2n) is 13.8. The number of aromatic nitrogens is 5. The fourth-order valence-corrected chi connectivity index (χ4v) is 9.32. The quantitative estimate of drug-likeness (QED) is 0.130. The van der Waals surface area contributed by atoms with Gasteiger partial charge >= 0.3 is 6.18 Å². The molecule has 4 N–H and O–H groups in total. The average molecular weight is 718 g/mol. The monoisotopic (exact) mass is 717 g/mol. The van der Waals surface area contributed by atoms with Crippen LogP contribution in [0.4, 0.5) is 43.8 Å². The average Bonchev–Trinajstić information content (AvgIpc) is 3.24. The van der Waals surface area contributed by atoms with Gasteiger partial charge in [0, 0.05) is 36.0 Å². The molecule has 10 nitrogen and oxygen atoms in total. The first-order valence-corrected chi connectivity index (χ1v) is 17.2. The molecule has 7 heterocycles. The molecule has 2 saturated heterocycles. The highest BCUT2D eigenvalue weighted by atomic mass is 32.2. The van der Waals surface area contributed by atoms with E-state index in [0.29, 0.717) is 30.8 Å². The summed E-state index contributed by atoms with van der Waals surface area (Å²) in [5.74, 6) is -3.38. The molecule has 3 atom stereocenters. The maximum atomic E-state index is 16.9. The number of thioether (sulfide) groups is 1. The summed E-state index contributed by atoms with van der Waals surface area (Å²) in [6.07, 6.45) is -1.56. The highest BCUT2D eigenvalue weighted by Crippen LogP contribution is 2.70. The van der Waals surface area contributed by atoms with Gasteiger partial charge < -0.3 is 21.1 Å². The molecule has 0 aromatic carbocycles.